The minimum Gasteiger partial charge on any atom is -0.323 e. The van der Waals surface area contributed by atoms with E-state index in [0.717, 1.165) is 12.1 Å². The minimum absolute atomic E-state index is 0.150. The summed E-state index contributed by atoms with van der Waals surface area (Å²) in [6.45, 7) is 2.18. The van der Waals surface area contributed by atoms with Crippen molar-refractivity contribution in [2.75, 3.05) is 0 Å². The standard InChI is InChI=1S/C9H17N3/c1-3-4-5-8(10)9-6-7-11-12(9)2/h6-8H,3-5,10H2,1-2H3. The highest BCUT2D eigenvalue weighted by Crippen LogP contribution is 2.14. The molecule has 1 rings (SSSR count). The van der Waals surface area contributed by atoms with E-state index in [0.29, 0.717) is 0 Å². The summed E-state index contributed by atoms with van der Waals surface area (Å²) < 4.78 is 1.85. The highest BCUT2D eigenvalue weighted by atomic mass is 15.3. The van der Waals surface area contributed by atoms with Crippen molar-refractivity contribution in [3.8, 4) is 0 Å². The first-order chi connectivity index (χ1) is 5.75. The van der Waals surface area contributed by atoms with Gasteiger partial charge in [-0.05, 0) is 12.5 Å². The second-order valence-electron chi connectivity index (χ2n) is 3.13. The lowest BCUT2D eigenvalue weighted by Crippen LogP contribution is -2.14. The Bertz CT molecular complexity index is 229. The van der Waals surface area contributed by atoms with E-state index in [4.69, 9.17) is 5.73 Å². The van der Waals surface area contributed by atoms with Crippen LogP contribution >= 0.6 is 0 Å². The Hall–Kier alpha value is -0.830. The fourth-order valence-corrected chi connectivity index (χ4v) is 1.32. The molecule has 0 fully saturated rings. The van der Waals surface area contributed by atoms with E-state index in [1.54, 1.807) is 6.20 Å². The molecule has 2 N–H and O–H groups in total. The summed E-state index contributed by atoms with van der Waals surface area (Å²) in [5.41, 5.74) is 7.09. The SMILES string of the molecule is CCCCC(N)c1ccnn1C. The molecule has 0 spiro atoms. The highest BCUT2D eigenvalue weighted by Gasteiger charge is 2.08. The van der Waals surface area contributed by atoms with Crippen molar-refractivity contribution in [1.82, 2.24) is 9.78 Å². The van der Waals surface area contributed by atoms with Crippen LogP contribution in [0.4, 0.5) is 0 Å². The predicted octanol–water partition coefficient (Wildman–Crippen LogP) is 1.61. The Morgan fingerprint density at radius 2 is 2.42 bits per heavy atom. The van der Waals surface area contributed by atoms with Crippen molar-refractivity contribution in [3.05, 3.63) is 18.0 Å². The van der Waals surface area contributed by atoms with Gasteiger partial charge in [-0.3, -0.25) is 4.68 Å². The zero-order valence-corrected chi connectivity index (χ0v) is 7.83. The topological polar surface area (TPSA) is 43.8 Å². The molecule has 0 saturated heterocycles. The maximum Gasteiger partial charge on any atom is 0.0548 e. The van der Waals surface area contributed by atoms with Crippen molar-refractivity contribution in [2.24, 2.45) is 12.8 Å². The number of nitrogens with zero attached hydrogens (tertiary/aromatic N) is 2. The molecule has 1 aromatic rings. The van der Waals surface area contributed by atoms with Gasteiger partial charge < -0.3 is 5.73 Å². The Labute approximate surface area is 73.6 Å². The molecule has 12 heavy (non-hydrogen) atoms. The number of rotatable bonds is 4. The molecule has 1 unspecified atom stereocenters. The van der Waals surface area contributed by atoms with Crippen molar-refractivity contribution in [3.63, 3.8) is 0 Å². The van der Waals surface area contributed by atoms with E-state index in [2.05, 4.69) is 12.0 Å². The van der Waals surface area contributed by atoms with Crippen LogP contribution in [0, 0.1) is 0 Å². The monoisotopic (exact) mass is 167 g/mol. The molecule has 68 valence electrons. The van der Waals surface area contributed by atoms with Crippen LogP contribution in [0.1, 0.15) is 37.9 Å². The molecule has 0 aromatic carbocycles. The third kappa shape index (κ3) is 2.08. The Balaban J connectivity index is 2.52. The second-order valence-corrected chi connectivity index (χ2v) is 3.13. The van der Waals surface area contributed by atoms with E-state index in [9.17, 15) is 0 Å². The van der Waals surface area contributed by atoms with Gasteiger partial charge in [0.15, 0.2) is 0 Å². The number of hydrogen-bond donors (Lipinski definition) is 1. The first-order valence-corrected chi connectivity index (χ1v) is 4.49. The highest BCUT2D eigenvalue weighted by molar-refractivity contribution is 5.05. The summed E-state index contributed by atoms with van der Waals surface area (Å²) in [6, 6.07) is 2.14. The van der Waals surface area contributed by atoms with Crippen LogP contribution in [0.25, 0.3) is 0 Å². The Morgan fingerprint density at radius 1 is 1.67 bits per heavy atom. The minimum atomic E-state index is 0.150. The van der Waals surface area contributed by atoms with Crippen LogP contribution in [0.2, 0.25) is 0 Å². The lowest BCUT2D eigenvalue weighted by atomic mass is 10.1. The van der Waals surface area contributed by atoms with Gasteiger partial charge in [-0.15, -0.1) is 0 Å². The Kier molecular flexibility index (Phi) is 3.29. The van der Waals surface area contributed by atoms with Crippen LogP contribution in [0.3, 0.4) is 0 Å². The number of aryl methyl sites for hydroxylation is 1. The first kappa shape index (κ1) is 9.26. The summed E-state index contributed by atoms with van der Waals surface area (Å²) in [4.78, 5) is 0. The normalized spacial score (nSPS) is 13.2. The molecule has 1 heterocycles. The molecule has 0 aliphatic rings. The molecular formula is C9H17N3. The molecule has 0 radical (unpaired) electrons. The summed E-state index contributed by atoms with van der Waals surface area (Å²) in [7, 11) is 1.93. The van der Waals surface area contributed by atoms with Gasteiger partial charge in [0.25, 0.3) is 0 Å². The molecular weight excluding hydrogens is 150 g/mol. The molecule has 3 nitrogen and oxygen atoms in total. The number of nitrogens with two attached hydrogens (primary N) is 1. The molecule has 1 atom stereocenters. The van der Waals surface area contributed by atoms with Crippen LogP contribution in [-0.4, -0.2) is 9.78 Å². The van der Waals surface area contributed by atoms with Crippen molar-refractivity contribution in [2.45, 2.75) is 32.2 Å². The van der Waals surface area contributed by atoms with Gasteiger partial charge in [0.05, 0.1) is 5.69 Å². The smallest absolute Gasteiger partial charge is 0.0548 e. The number of aromatic nitrogens is 2. The lowest BCUT2D eigenvalue weighted by molar-refractivity contribution is 0.555. The third-order valence-corrected chi connectivity index (χ3v) is 2.11. The maximum absolute atomic E-state index is 5.97. The van der Waals surface area contributed by atoms with Crippen LogP contribution in [0.5, 0.6) is 0 Å². The zero-order chi connectivity index (χ0) is 8.97. The lowest BCUT2D eigenvalue weighted by Gasteiger charge is -2.10. The van der Waals surface area contributed by atoms with Crippen molar-refractivity contribution in [1.29, 1.82) is 0 Å². The van der Waals surface area contributed by atoms with E-state index in [1.807, 2.05) is 17.8 Å². The summed E-state index contributed by atoms with van der Waals surface area (Å²) in [6.07, 6.45) is 5.23. The van der Waals surface area contributed by atoms with E-state index >= 15 is 0 Å². The molecule has 0 saturated carbocycles. The average molecular weight is 167 g/mol. The van der Waals surface area contributed by atoms with Gasteiger partial charge in [-0.1, -0.05) is 19.8 Å². The Morgan fingerprint density at radius 3 is 2.92 bits per heavy atom. The number of unbranched alkanes of at least 4 members (excludes halogenated alkanes) is 1. The van der Waals surface area contributed by atoms with Gasteiger partial charge in [0.2, 0.25) is 0 Å². The maximum atomic E-state index is 5.97. The van der Waals surface area contributed by atoms with E-state index in [-0.39, 0.29) is 6.04 Å². The number of hydrogen-bond acceptors (Lipinski definition) is 2. The molecule has 0 aliphatic heterocycles. The summed E-state index contributed by atoms with van der Waals surface area (Å²) in [5.74, 6) is 0. The largest absolute Gasteiger partial charge is 0.323 e. The zero-order valence-electron chi connectivity index (χ0n) is 7.83. The predicted molar refractivity (Wildman–Crippen MR) is 49.7 cm³/mol. The van der Waals surface area contributed by atoms with Crippen molar-refractivity contribution >= 4 is 0 Å². The molecule has 0 amide bonds. The van der Waals surface area contributed by atoms with E-state index < -0.39 is 0 Å². The van der Waals surface area contributed by atoms with Crippen LogP contribution < -0.4 is 5.73 Å². The summed E-state index contributed by atoms with van der Waals surface area (Å²) in [5, 5.41) is 4.08. The van der Waals surface area contributed by atoms with Crippen molar-refractivity contribution < 1.29 is 0 Å². The average Bonchev–Trinajstić information content (AvgIpc) is 2.47. The van der Waals surface area contributed by atoms with Gasteiger partial charge in [-0.25, -0.2) is 0 Å². The molecule has 1 aromatic heterocycles. The van der Waals surface area contributed by atoms with Gasteiger partial charge >= 0.3 is 0 Å². The molecule has 3 heteroatoms. The van der Waals surface area contributed by atoms with Gasteiger partial charge in [0.1, 0.15) is 0 Å². The van der Waals surface area contributed by atoms with E-state index in [1.165, 1.54) is 12.8 Å². The van der Waals surface area contributed by atoms with Crippen LogP contribution in [0.15, 0.2) is 12.3 Å². The second kappa shape index (κ2) is 4.26. The summed E-state index contributed by atoms with van der Waals surface area (Å²) >= 11 is 0. The van der Waals surface area contributed by atoms with Gasteiger partial charge in [-0.2, -0.15) is 5.10 Å². The molecule has 0 bridgehead atoms. The third-order valence-electron chi connectivity index (χ3n) is 2.11. The van der Waals surface area contributed by atoms with Crippen LogP contribution in [-0.2, 0) is 7.05 Å². The first-order valence-electron chi connectivity index (χ1n) is 4.49. The quantitative estimate of drug-likeness (QED) is 0.740. The fourth-order valence-electron chi connectivity index (χ4n) is 1.32. The fraction of sp³-hybridized carbons (Fsp3) is 0.667. The molecule has 0 aliphatic carbocycles. The van der Waals surface area contributed by atoms with Gasteiger partial charge in [0, 0.05) is 19.3 Å².